The molecule has 0 aliphatic heterocycles. The van der Waals surface area contributed by atoms with Crippen molar-refractivity contribution in [3.63, 3.8) is 0 Å². The van der Waals surface area contributed by atoms with Crippen molar-refractivity contribution in [3.8, 4) is 0 Å². The third-order valence-electron chi connectivity index (χ3n) is 4.26. The molecule has 15 heavy (non-hydrogen) atoms. The smallest absolute Gasteiger partial charge is 0.0541 e. The molecular weight excluding hydrogens is 186 g/mol. The number of aliphatic hydroxyl groups is 1. The van der Waals surface area contributed by atoms with E-state index in [9.17, 15) is 5.11 Å². The molecule has 2 unspecified atom stereocenters. The molecule has 0 bridgehead atoms. The van der Waals surface area contributed by atoms with E-state index in [0.29, 0.717) is 6.04 Å². The first-order valence-electron chi connectivity index (χ1n) is 6.70. The van der Waals surface area contributed by atoms with Crippen LogP contribution in [-0.2, 0) is 0 Å². The largest absolute Gasteiger partial charge is 0.393 e. The summed E-state index contributed by atoms with van der Waals surface area (Å²) in [5.41, 5.74) is 0. The fourth-order valence-corrected chi connectivity index (χ4v) is 3.11. The van der Waals surface area contributed by atoms with Crippen molar-refractivity contribution < 1.29 is 5.11 Å². The van der Waals surface area contributed by atoms with Crippen molar-refractivity contribution in [2.75, 3.05) is 0 Å². The van der Waals surface area contributed by atoms with Crippen LogP contribution in [0.15, 0.2) is 0 Å². The van der Waals surface area contributed by atoms with E-state index >= 15 is 0 Å². The second kappa shape index (κ2) is 5.31. The van der Waals surface area contributed by atoms with Crippen LogP contribution >= 0.6 is 0 Å². The lowest BCUT2D eigenvalue weighted by molar-refractivity contribution is 0.109. The fourth-order valence-electron chi connectivity index (χ4n) is 3.11. The molecule has 88 valence electrons. The Hall–Kier alpha value is -0.0800. The first-order valence-corrected chi connectivity index (χ1v) is 6.70. The van der Waals surface area contributed by atoms with Crippen molar-refractivity contribution in [2.45, 2.75) is 76.5 Å². The van der Waals surface area contributed by atoms with E-state index in [4.69, 9.17) is 0 Å². The summed E-state index contributed by atoms with van der Waals surface area (Å²) in [7, 11) is 0. The molecule has 0 aromatic rings. The Labute approximate surface area is 93.5 Å². The van der Waals surface area contributed by atoms with Crippen LogP contribution in [0, 0.1) is 5.92 Å². The number of aliphatic hydroxyl groups excluding tert-OH is 1. The first-order chi connectivity index (χ1) is 7.25. The molecule has 2 saturated carbocycles. The molecule has 0 saturated heterocycles. The highest BCUT2D eigenvalue weighted by Crippen LogP contribution is 2.26. The summed E-state index contributed by atoms with van der Waals surface area (Å²) in [4.78, 5) is 0. The van der Waals surface area contributed by atoms with Gasteiger partial charge in [-0.15, -0.1) is 0 Å². The molecule has 0 radical (unpaired) electrons. The van der Waals surface area contributed by atoms with E-state index in [0.717, 1.165) is 24.8 Å². The summed E-state index contributed by atoms with van der Waals surface area (Å²) in [6.45, 7) is 2.38. The number of nitrogens with one attached hydrogen (secondary N) is 1. The van der Waals surface area contributed by atoms with Crippen LogP contribution in [0.5, 0.6) is 0 Å². The van der Waals surface area contributed by atoms with Gasteiger partial charge in [0.15, 0.2) is 0 Å². The first kappa shape index (κ1) is 11.4. The lowest BCUT2D eigenvalue weighted by atomic mass is 9.84. The zero-order chi connectivity index (χ0) is 10.7. The third-order valence-corrected chi connectivity index (χ3v) is 4.26. The second-order valence-corrected chi connectivity index (χ2v) is 5.54. The van der Waals surface area contributed by atoms with Crippen molar-refractivity contribution >= 4 is 0 Å². The highest BCUT2D eigenvalue weighted by Gasteiger charge is 2.26. The summed E-state index contributed by atoms with van der Waals surface area (Å²) in [5.74, 6) is 0.852. The summed E-state index contributed by atoms with van der Waals surface area (Å²) < 4.78 is 0. The van der Waals surface area contributed by atoms with Gasteiger partial charge in [0.2, 0.25) is 0 Å². The van der Waals surface area contributed by atoms with Gasteiger partial charge < -0.3 is 10.4 Å². The number of hydrogen-bond acceptors (Lipinski definition) is 2. The molecule has 0 amide bonds. The highest BCUT2D eigenvalue weighted by molar-refractivity contribution is 4.84. The van der Waals surface area contributed by atoms with Gasteiger partial charge in [0.1, 0.15) is 0 Å². The van der Waals surface area contributed by atoms with Crippen molar-refractivity contribution in [3.05, 3.63) is 0 Å². The number of hydrogen-bond donors (Lipinski definition) is 2. The Bertz CT molecular complexity index is 187. The normalized spacial score (nSPS) is 42.8. The van der Waals surface area contributed by atoms with Gasteiger partial charge in [-0.2, -0.15) is 0 Å². The maximum atomic E-state index is 9.46. The Morgan fingerprint density at radius 3 is 2.27 bits per heavy atom. The van der Waals surface area contributed by atoms with Crippen LogP contribution in [0.1, 0.15) is 58.3 Å². The minimum atomic E-state index is -0.0215. The topological polar surface area (TPSA) is 32.3 Å². The quantitative estimate of drug-likeness (QED) is 0.735. The molecule has 0 heterocycles. The van der Waals surface area contributed by atoms with E-state index in [1.807, 2.05) is 0 Å². The Morgan fingerprint density at radius 1 is 0.933 bits per heavy atom. The van der Waals surface area contributed by atoms with Crippen molar-refractivity contribution in [1.29, 1.82) is 0 Å². The molecule has 0 aromatic heterocycles. The Morgan fingerprint density at radius 2 is 1.60 bits per heavy atom. The van der Waals surface area contributed by atoms with Crippen LogP contribution in [0.2, 0.25) is 0 Å². The molecule has 2 N–H and O–H groups in total. The minimum Gasteiger partial charge on any atom is -0.393 e. The minimum absolute atomic E-state index is 0.0215. The zero-order valence-corrected chi connectivity index (χ0v) is 9.91. The van der Waals surface area contributed by atoms with Crippen molar-refractivity contribution in [1.82, 2.24) is 5.32 Å². The molecule has 2 nitrogen and oxygen atoms in total. The highest BCUT2D eigenvalue weighted by atomic mass is 16.3. The molecule has 2 fully saturated rings. The predicted octanol–water partition coefficient (Wildman–Crippen LogP) is 2.46. The molecule has 2 rings (SSSR count). The van der Waals surface area contributed by atoms with Gasteiger partial charge in [-0.1, -0.05) is 19.8 Å². The Balaban J connectivity index is 1.75. The zero-order valence-electron chi connectivity index (χ0n) is 9.91. The maximum absolute atomic E-state index is 9.46. The van der Waals surface area contributed by atoms with E-state index in [2.05, 4.69) is 12.2 Å². The molecular formula is C13H25NO. The SMILES string of the molecule is CC1CCCCC1NC1CCC(O)CC1. The standard InChI is InChI=1S/C13H25NO/c1-10-4-2-3-5-13(10)14-11-6-8-12(15)9-7-11/h10-15H,2-9H2,1H3. The fraction of sp³-hybridized carbons (Fsp3) is 1.00. The van der Waals surface area contributed by atoms with Crippen LogP contribution in [0.25, 0.3) is 0 Å². The van der Waals surface area contributed by atoms with E-state index < -0.39 is 0 Å². The van der Waals surface area contributed by atoms with Crippen LogP contribution in [-0.4, -0.2) is 23.3 Å². The molecule has 2 heteroatoms. The van der Waals surface area contributed by atoms with Crippen LogP contribution in [0.4, 0.5) is 0 Å². The maximum Gasteiger partial charge on any atom is 0.0541 e. The molecule has 2 aliphatic carbocycles. The lowest BCUT2D eigenvalue weighted by Crippen LogP contribution is -2.45. The Kier molecular flexibility index (Phi) is 4.04. The molecule has 2 aliphatic rings. The monoisotopic (exact) mass is 211 g/mol. The van der Waals surface area contributed by atoms with Gasteiger partial charge in [0.25, 0.3) is 0 Å². The summed E-state index contributed by atoms with van der Waals surface area (Å²) in [6.07, 6.45) is 9.89. The van der Waals surface area contributed by atoms with E-state index in [1.54, 1.807) is 0 Å². The van der Waals surface area contributed by atoms with E-state index in [1.165, 1.54) is 38.5 Å². The van der Waals surface area contributed by atoms with Gasteiger partial charge in [-0.3, -0.25) is 0 Å². The van der Waals surface area contributed by atoms with Crippen LogP contribution < -0.4 is 5.32 Å². The lowest BCUT2D eigenvalue weighted by Gasteiger charge is -2.35. The number of rotatable bonds is 2. The second-order valence-electron chi connectivity index (χ2n) is 5.54. The van der Waals surface area contributed by atoms with Gasteiger partial charge in [-0.25, -0.2) is 0 Å². The average Bonchev–Trinajstić information content (AvgIpc) is 2.25. The molecule has 2 atom stereocenters. The van der Waals surface area contributed by atoms with Crippen molar-refractivity contribution in [2.24, 2.45) is 5.92 Å². The third kappa shape index (κ3) is 3.18. The van der Waals surface area contributed by atoms with Gasteiger partial charge >= 0.3 is 0 Å². The summed E-state index contributed by atoms with van der Waals surface area (Å²) in [5, 5.41) is 13.3. The predicted molar refractivity (Wildman–Crippen MR) is 62.8 cm³/mol. The van der Waals surface area contributed by atoms with Gasteiger partial charge in [0, 0.05) is 12.1 Å². The summed E-state index contributed by atoms with van der Waals surface area (Å²) >= 11 is 0. The molecule has 0 aromatic carbocycles. The van der Waals surface area contributed by atoms with Gasteiger partial charge in [-0.05, 0) is 44.4 Å². The summed E-state index contributed by atoms with van der Waals surface area (Å²) in [6, 6.07) is 1.43. The van der Waals surface area contributed by atoms with Crippen LogP contribution in [0.3, 0.4) is 0 Å². The average molecular weight is 211 g/mol. The van der Waals surface area contributed by atoms with Gasteiger partial charge in [0.05, 0.1) is 6.10 Å². The van der Waals surface area contributed by atoms with E-state index in [-0.39, 0.29) is 6.10 Å². The molecule has 0 spiro atoms.